The molecular weight excluding hydrogens is 472 g/mol. The summed E-state index contributed by atoms with van der Waals surface area (Å²) in [5, 5.41) is 48.1. The molecule has 2 aromatic rings. The van der Waals surface area contributed by atoms with E-state index in [1.54, 1.807) is 20.2 Å². The average Bonchev–Trinajstić information content (AvgIpc) is 3.30. The van der Waals surface area contributed by atoms with E-state index in [2.05, 4.69) is 0 Å². The Labute approximate surface area is 204 Å². The molecule has 3 aliphatic rings. The Morgan fingerprint density at radius 2 is 1.89 bits per heavy atom. The molecule has 4 atom stereocenters. The number of aromatic hydroxyl groups is 1. The topological polar surface area (TPSA) is 161 Å². The van der Waals surface area contributed by atoms with Crippen molar-refractivity contribution >= 4 is 34.6 Å². The van der Waals surface area contributed by atoms with Gasteiger partial charge in [0.1, 0.15) is 22.8 Å². The van der Waals surface area contributed by atoms with E-state index in [-0.39, 0.29) is 29.7 Å². The van der Waals surface area contributed by atoms with Crippen LogP contribution < -0.4 is 5.73 Å². The van der Waals surface area contributed by atoms with E-state index in [1.807, 2.05) is 16.8 Å². The molecule has 0 saturated heterocycles. The van der Waals surface area contributed by atoms with Crippen molar-refractivity contribution in [1.29, 1.82) is 0 Å². The van der Waals surface area contributed by atoms with Crippen LogP contribution in [-0.2, 0) is 20.8 Å². The molecule has 3 aliphatic carbocycles. The first-order chi connectivity index (χ1) is 16.5. The van der Waals surface area contributed by atoms with Crippen LogP contribution >= 0.6 is 11.3 Å². The van der Waals surface area contributed by atoms with Gasteiger partial charge in [-0.15, -0.1) is 0 Å². The summed E-state index contributed by atoms with van der Waals surface area (Å²) in [6.07, 6.45) is 0.318. The molecule has 0 spiro atoms. The van der Waals surface area contributed by atoms with Crippen LogP contribution in [0, 0.1) is 11.8 Å². The Hall–Kier alpha value is -3.47. The van der Waals surface area contributed by atoms with E-state index >= 15 is 0 Å². The van der Waals surface area contributed by atoms with E-state index in [9.17, 15) is 34.8 Å². The second-order valence-electron chi connectivity index (χ2n) is 9.46. The molecule has 4 unspecified atom stereocenters. The normalized spacial score (nSPS) is 28.2. The Morgan fingerprint density at radius 1 is 1.17 bits per heavy atom. The first-order valence-electron chi connectivity index (χ1n) is 11.0. The Balaban J connectivity index is 1.75. The van der Waals surface area contributed by atoms with Crippen molar-refractivity contribution in [2.45, 2.75) is 24.5 Å². The zero-order valence-corrected chi connectivity index (χ0v) is 19.8. The number of aliphatic hydroxyl groups excluding tert-OH is 2. The molecule has 1 amide bonds. The van der Waals surface area contributed by atoms with Crippen LogP contribution in [0.2, 0.25) is 0 Å². The summed E-state index contributed by atoms with van der Waals surface area (Å²) in [5.74, 6) is -6.55. The van der Waals surface area contributed by atoms with E-state index in [1.165, 1.54) is 22.3 Å². The molecule has 1 saturated carbocycles. The lowest BCUT2D eigenvalue weighted by Crippen LogP contribution is -2.65. The van der Waals surface area contributed by atoms with Crippen LogP contribution in [0.5, 0.6) is 5.75 Å². The molecule has 5 rings (SSSR count). The summed E-state index contributed by atoms with van der Waals surface area (Å²) >= 11 is 1.50. The number of benzene rings is 1. The Bertz CT molecular complexity index is 1360. The zero-order chi connectivity index (χ0) is 25.4. The number of hydrogen-bond donors (Lipinski definition) is 5. The van der Waals surface area contributed by atoms with Crippen molar-refractivity contribution < 1.29 is 34.8 Å². The minimum atomic E-state index is -2.63. The number of phenolic OH excluding ortho intramolecular Hbond substituents is 1. The van der Waals surface area contributed by atoms with Crippen LogP contribution in [0.25, 0.3) is 16.9 Å². The molecule has 1 aromatic carbocycles. The number of aliphatic hydroxyl groups is 3. The maximum absolute atomic E-state index is 13.8. The molecule has 182 valence electrons. The third kappa shape index (κ3) is 3.03. The van der Waals surface area contributed by atoms with Gasteiger partial charge in [-0.1, -0.05) is 6.07 Å². The molecule has 9 nitrogen and oxygen atoms in total. The van der Waals surface area contributed by atoms with Crippen molar-refractivity contribution in [3.8, 4) is 16.9 Å². The molecule has 1 heterocycles. The summed E-state index contributed by atoms with van der Waals surface area (Å²) in [6.45, 7) is 0. The average molecular weight is 497 g/mol. The van der Waals surface area contributed by atoms with Gasteiger partial charge in [0, 0.05) is 11.5 Å². The smallest absolute Gasteiger partial charge is 0.255 e. The number of carbonyl (C=O) groups excluding carboxylic acids is 3. The van der Waals surface area contributed by atoms with Crippen LogP contribution in [0.15, 0.2) is 45.9 Å². The maximum atomic E-state index is 13.8. The van der Waals surface area contributed by atoms with Crippen molar-refractivity contribution in [3.63, 3.8) is 0 Å². The second-order valence-corrected chi connectivity index (χ2v) is 10.2. The molecule has 0 bridgehead atoms. The predicted molar refractivity (Wildman–Crippen MR) is 128 cm³/mol. The highest BCUT2D eigenvalue weighted by Gasteiger charge is 2.64. The summed E-state index contributed by atoms with van der Waals surface area (Å²) < 4.78 is 0. The van der Waals surface area contributed by atoms with Gasteiger partial charge in [-0.2, -0.15) is 11.3 Å². The van der Waals surface area contributed by atoms with E-state index < -0.39 is 58.0 Å². The van der Waals surface area contributed by atoms with Crippen molar-refractivity contribution in [2.75, 3.05) is 14.1 Å². The van der Waals surface area contributed by atoms with Gasteiger partial charge in [0.15, 0.2) is 11.4 Å². The number of nitrogens with two attached hydrogens (primary N) is 1. The Kier molecular flexibility index (Phi) is 5.17. The van der Waals surface area contributed by atoms with Gasteiger partial charge < -0.3 is 26.2 Å². The van der Waals surface area contributed by atoms with E-state index in [0.29, 0.717) is 5.56 Å². The largest absolute Gasteiger partial charge is 0.508 e. The number of hydrogen-bond acceptors (Lipinski definition) is 9. The number of Topliss-reactive ketones (excluding diaryl/α,β-unsaturated/α-hetero) is 2. The van der Waals surface area contributed by atoms with Crippen molar-refractivity contribution in [3.05, 3.63) is 57.0 Å². The number of likely N-dealkylation sites (N-methyl/N-ethyl adjacent to an activating group) is 1. The number of carbonyl (C=O) groups is 3. The third-order valence-electron chi connectivity index (χ3n) is 7.44. The lowest BCUT2D eigenvalue weighted by molar-refractivity contribution is -0.153. The van der Waals surface area contributed by atoms with Crippen LogP contribution in [0.1, 0.15) is 17.5 Å². The van der Waals surface area contributed by atoms with Crippen LogP contribution in [0.3, 0.4) is 0 Å². The van der Waals surface area contributed by atoms with Crippen molar-refractivity contribution in [2.24, 2.45) is 17.6 Å². The van der Waals surface area contributed by atoms with Gasteiger partial charge in [-0.25, -0.2) is 0 Å². The fraction of sp³-hybridized carbons (Fsp3) is 0.320. The number of amides is 1. The summed E-state index contributed by atoms with van der Waals surface area (Å²) in [6, 6.07) is 3.98. The number of primary amides is 1. The monoisotopic (exact) mass is 496 g/mol. The molecule has 0 aliphatic heterocycles. The minimum Gasteiger partial charge on any atom is -0.508 e. The number of fused-ring (bicyclic) bond motifs is 3. The fourth-order valence-electron chi connectivity index (χ4n) is 5.93. The molecule has 1 aromatic heterocycles. The lowest BCUT2D eigenvalue weighted by Gasteiger charge is -2.50. The number of phenols is 1. The minimum absolute atomic E-state index is 0.0600. The van der Waals surface area contributed by atoms with E-state index in [4.69, 9.17) is 5.73 Å². The highest BCUT2D eigenvalue weighted by atomic mass is 32.1. The second kappa shape index (κ2) is 7.77. The van der Waals surface area contributed by atoms with Gasteiger partial charge in [0.2, 0.25) is 5.78 Å². The standard InChI is InChI=1S/C25H24N2O7S/c1-27(2)19-14-8-11-7-13-12(10-5-6-35-9-10)3-4-15(28)17(13)20(29)16(11)22(31)25(14,34)23(32)18(21(19)30)24(26)33/h3-6,9,11,14,19,28-29,32,34H,7-8H2,1-2H3,(H2,26,33). The van der Waals surface area contributed by atoms with Gasteiger partial charge in [-0.05, 0) is 72.4 Å². The van der Waals surface area contributed by atoms with Gasteiger partial charge in [-0.3, -0.25) is 19.3 Å². The number of ketones is 2. The summed E-state index contributed by atoms with van der Waals surface area (Å²) in [4.78, 5) is 40.4. The molecule has 35 heavy (non-hydrogen) atoms. The number of nitrogens with zero attached hydrogens (tertiary/aromatic N) is 1. The highest BCUT2D eigenvalue weighted by Crippen LogP contribution is 2.53. The third-order valence-corrected chi connectivity index (χ3v) is 8.12. The zero-order valence-electron chi connectivity index (χ0n) is 19.0. The molecule has 0 radical (unpaired) electrons. The fourth-order valence-corrected chi connectivity index (χ4v) is 6.59. The van der Waals surface area contributed by atoms with Crippen LogP contribution in [-0.4, -0.2) is 68.5 Å². The van der Waals surface area contributed by atoms with Gasteiger partial charge in [0.05, 0.1) is 11.6 Å². The maximum Gasteiger partial charge on any atom is 0.255 e. The summed E-state index contributed by atoms with van der Waals surface area (Å²) in [7, 11) is 3.14. The SMILES string of the molecule is CN(C)C1C(=O)C(C(N)=O)=C(O)C2(O)C(=O)C3=C(O)c4c(O)ccc(-c5ccsc5)c4CC3CC12. The van der Waals surface area contributed by atoms with E-state index in [0.717, 1.165) is 11.1 Å². The first kappa shape index (κ1) is 23.3. The van der Waals surface area contributed by atoms with Crippen molar-refractivity contribution in [1.82, 2.24) is 4.90 Å². The lowest BCUT2D eigenvalue weighted by atomic mass is 9.57. The molecular formula is C25H24N2O7S. The molecule has 1 fully saturated rings. The summed E-state index contributed by atoms with van der Waals surface area (Å²) in [5.41, 5.74) is 4.14. The highest BCUT2D eigenvalue weighted by molar-refractivity contribution is 7.08. The molecule has 6 N–H and O–H groups in total. The molecule has 10 heteroatoms. The Morgan fingerprint density at radius 3 is 2.49 bits per heavy atom. The number of rotatable bonds is 3. The number of thiophene rings is 1. The first-order valence-corrected chi connectivity index (χ1v) is 12.0. The van der Waals surface area contributed by atoms with Gasteiger partial charge >= 0.3 is 0 Å². The predicted octanol–water partition coefficient (Wildman–Crippen LogP) is 1.69. The quantitative estimate of drug-likeness (QED) is 0.401. The van der Waals surface area contributed by atoms with Crippen LogP contribution in [0.4, 0.5) is 0 Å². The van der Waals surface area contributed by atoms with Gasteiger partial charge in [0.25, 0.3) is 5.91 Å².